The number of fused-ring (bicyclic) bond motifs is 1. The predicted octanol–water partition coefficient (Wildman–Crippen LogP) is 1.36. The molecule has 1 N–H and O–H groups in total. The lowest BCUT2D eigenvalue weighted by molar-refractivity contribution is -0.154. The molecule has 4 fully saturated rings. The van der Waals surface area contributed by atoms with Crippen LogP contribution >= 0.6 is 15.9 Å². The highest BCUT2D eigenvalue weighted by Gasteiger charge is 2.77. The summed E-state index contributed by atoms with van der Waals surface area (Å²) in [5.74, 6) is -2.44. The maximum atomic E-state index is 14.4. The van der Waals surface area contributed by atoms with E-state index in [1.165, 1.54) is 6.08 Å². The first-order valence-electron chi connectivity index (χ1n) is 14.1. The van der Waals surface area contributed by atoms with Gasteiger partial charge in [0.05, 0.1) is 31.2 Å². The first-order chi connectivity index (χ1) is 18.9. The first kappa shape index (κ1) is 30.2. The topological polar surface area (TPSA) is 109 Å². The summed E-state index contributed by atoms with van der Waals surface area (Å²) < 4.78 is 17.4. The van der Waals surface area contributed by atoms with E-state index in [1.54, 1.807) is 15.9 Å². The van der Waals surface area contributed by atoms with Crippen LogP contribution in [0, 0.1) is 11.8 Å². The average molecular weight is 613 g/mol. The van der Waals surface area contributed by atoms with E-state index in [1.807, 2.05) is 0 Å². The Morgan fingerprint density at radius 2 is 1.90 bits per heavy atom. The number of ether oxygens (including phenoxy) is 3. The van der Waals surface area contributed by atoms with Crippen molar-refractivity contribution < 1.29 is 33.7 Å². The van der Waals surface area contributed by atoms with E-state index in [9.17, 15) is 14.4 Å². The number of aliphatic hydroxyl groups excluding tert-OH is 1. The van der Waals surface area contributed by atoms with Gasteiger partial charge in [-0.3, -0.25) is 19.3 Å². The summed E-state index contributed by atoms with van der Waals surface area (Å²) in [6.45, 7) is 12.6. The molecule has 10 nitrogen and oxygen atoms in total. The Labute approximate surface area is 239 Å². The highest BCUT2D eigenvalue weighted by molar-refractivity contribution is 9.09. The van der Waals surface area contributed by atoms with Gasteiger partial charge < -0.3 is 29.1 Å². The van der Waals surface area contributed by atoms with Crippen molar-refractivity contribution in [1.82, 2.24) is 14.7 Å². The first-order valence-corrected chi connectivity index (χ1v) is 15.0. The number of likely N-dealkylation sites (tertiary alicyclic amines) is 1. The molecule has 39 heavy (non-hydrogen) atoms. The molecule has 4 rings (SSSR count). The molecule has 0 radical (unpaired) electrons. The third-order valence-electron chi connectivity index (χ3n) is 8.40. The molecule has 4 heterocycles. The second-order valence-corrected chi connectivity index (χ2v) is 12.0. The van der Waals surface area contributed by atoms with Crippen molar-refractivity contribution in [2.24, 2.45) is 11.8 Å². The van der Waals surface area contributed by atoms with E-state index < -0.39 is 35.6 Å². The zero-order valence-electron chi connectivity index (χ0n) is 22.7. The third-order valence-corrected chi connectivity index (χ3v) is 9.24. The molecule has 0 saturated carbocycles. The van der Waals surface area contributed by atoms with Crippen LogP contribution in [0.4, 0.5) is 0 Å². The number of aliphatic hydroxyl groups is 1. The Kier molecular flexibility index (Phi) is 10.6. The number of nitrogens with zero attached hydrogens (tertiary/aromatic N) is 3. The minimum atomic E-state index is -1.10. The standard InChI is InChI=1S/C28H42BrN3O7/c1-3-9-31(12-11-30-13-17-37-18-14-30)26(35)24-28-19-20(29)23(39-28)21(27(36)38-16-4-2)22(28)25(34)32(24)10-7-5-6-8-15-33/h3-4,20-24,33H,1-2,5-19H2/t20?,21-,22-,23-,24?,28?/m0/s1. The van der Waals surface area contributed by atoms with Gasteiger partial charge in [0.15, 0.2) is 0 Å². The average Bonchev–Trinajstić information content (AvgIpc) is 3.53. The lowest BCUT2D eigenvalue weighted by Crippen LogP contribution is -2.57. The van der Waals surface area contributed by atoms with Gasteiger partial charge in [0.2, 0.25) is 11.8 Å². The largest absolute Gasteiger partial charge is 0.461 e. The molecule has 1 spiro atoms. The summed E-state index contributed by atoms with van der Waals surface area (Å²) in [6.07, 6.45) is 6.18. The van der Waals surface area contributed by atoms with Crippen molar-refractivity contribution in [3.8, 4) is 0 Å². The van der Waals surface area contributed by atoms with E-state index in [4.69, 9.17) is 19.3 Å². The van der Waals surface area contributed by atoms with Gasteiger partial charge >= 0.3 is 5.97 Å². The number of morpholine rings is 1. The molecule has 4 aliphatic rings. The number of hydrogen-bond acceptors (Lipinski definition) is 8. The summed E-state index contributed by atoms with van der Waals surface area (Å²) in [6, 6.07) is -0.834. The van der Waals surface area contributed by atoms with Gasteiger partial charge in [-0.15, -0.1) is 6.58 Å². The highest BCUT2D eigenvalue weighted by Crippen LogP contribution is 2.60. The predicted molar refractivity (Wildman–Crippen MR) is 148 cm³/mol. The number of amides is 2. The lowest BCUT2D eigenvalue weighted by Gasteiger charge is -2.38. The fourth-order valence-electron chi connectivity index (χ4n) is 6.61. The number of rotatable bonds is 15. The molecule has 0 aromatic carbocycles. The minimum Gasteiger partial charge on any atom is -0.461 e. The third kappa shape index (κ3) is 6.12. The molecule has 0 aromatic heterocycles. The van der Waals surface area contributed by atoms with Crippen LogP contribution in [0.25, 0.3) is 0 Å². The van der Waals surface area contributed by atoms with E-state index in [0.29, 0.717) is 58.7 Å². The summed E-state index contributed by atoms with van der Waals surface area (Å²) in [4.78, 5) is 47.1. The molecule has 0 aromatic rings. The molecule has 2 amide bonds. The summed E-state index contributed by atoms with van der Waals surface area (Å²) in [7, 11) is 0. The molecule has 4 saturated heterocycles. The minimum absolute atomic E-state index is 0.0501. The molecule has 6 atom stereocenters. The Morgan fingerprint density at radius 1 is 1.15 bits per heavy atom. The van der Waals surface area contributed by atoms with Gasteiger partial charge in [-0.2, -0.15) is 0 Å². The van der Waals surface area contributed by atoms with E-state index in [0.717, 1.165) is 25.9 Å². The van der Waals surface area contributed by atoms with Crippen LogP contribution in [0.5, 0.6) is 0 Å². The number of carbonyl (C=O) groups is 3. The number of carbonyl (C=O) groups excluding carboxylic acids is 3. The SMILES string of the molecule is C=CCOC(=O)[C@H]1[C@H]2C(=O)N(CCCCCCO)C(C(=O)N(CC=C)CCN3CCOCC3)C23CC(Br)[C@@H]1O3. The van der Waals surface area contributed by atoms with Crippen LogP contribution in [0.1, 0.15) is 32.1 Å². The smallest absolute Gasteiger partial charge is 0.312 e. The van der Waals surface area contributed by atoms with E-state index >= 15 is 0 Å². The molecule has 2 bridgehead atoms. The van der Waals surface area contributed by atoms with Gasteiger partial charge in [-0.05, 0) is 19.3 Å². The van der Waals surface area contributed by atoms with Crippen LogP contribution in [0.2, 0.25) is 0 Å². The van der Waals surface area contributed by atoms with Crippen molar-refractivity contribution >= 4 is 33.7 Å². The summed E-state index contributed by atoms with van der Waals surface area (Å²) in [5, 5.41) is 9.13. The Hall–Kier alpha value is -1.79. The van der Waals surface area contributed by atoms with Crippen LogP contribution < -0.4 is 0 Å². The van der Waals surface area contributed by atoms with Crippen molar-refractivity contribution in [3.05, 3.63) is 25.3 Å². The molecule has 4 aliphatic heterocycles. The lowest BCUT2D eigenvalue weighted by atomic mass is 9.70. The van der Waals surface area contributed by atoms with Crippen molar-refractivity contribution in [2.45, 2.75) is 54.7 Å². The number of hydrogen-bond donors (Lipinski definition) is 1. The van der Waals surface area contributed by atoms with E-state index in [2.05, 4.69) is 34.0 Å². The van der Waals surface area contributed by atoms with E-state index in [-0.39, 0.29) is 29.9 Å². The zero-order valence-corrected chi connectivity index (χ0v) is 24.3. The fourth-order valence-corrected chi connectivity index (χ4v) is 7.55. The quantitative estimate of drug-likeness (QED) is 0.128. The Morgan fingerprint density at radius 3 is 2.59 bits per heavy atom. The van der Waals surface area contributed by atoms with Crippen molar-refractivity contribution in [3.63, 3.8) is 0 Å². The number of alkyl halides is 1. The van der Waals surface area contributed by atoms with Crippen molar-refractivity contribution in [1.29, 1.82) is 0 Å². The molecular formula is C28H42BrN3O7. The monoisotopic (exact) mass is 611 g/mol. The molecule has 3 unspecified atom stereocenters. The molecule has 218 valence electrons. The summed E-state index contributed by atoms with van der Waals surface area (Å²) >= 11 is 3.69. The van der Waals surface area contributed by atoms with Gasteiger partial charge in [-0.25, -0.2) is 0 Å². The normalized spacial score (nSPS) is 31.8. The number of halogens is 1. The second-order valence-electron chi connectivity index (χ2n) is 10.8. The Balaban J connectivity index is 1.60. The number of unbranched alkanes of at least 4 members (excludes halogenated alkanes) is 3. The zero-order chi connectivity index (χ0) is 28.0. The van der Waals surface area contributed by atoms with Gasteiger partial charge in [0.1, 0.15) is 18.2 Å². The van der Waals surface area contributed by atoms with Gasteiger partial charge in [0.25, 0.3) is 0 Å². The Bertz CT molecular complexity index is 914. The van der Waals surface area contributed by atoms with Crippen LogP contribution in [-0.4, -0.2) is 126 Å². The molecule has 11 heteroatoms. The van der Waals surface area contributed by atoms with Crippen molar-refractivity contribution in [2.75, 3.05) is 65.7 Å². The second kappa shape index (κ2) is 13.7. The maximum absolute atomic E-state index is 14.4. The summed E-state index contributed by atoms with van der Waals surface area (Å²) in [5.41, 5.74) is -1.10. The van der Waals surface area contributed by atoms with Gasteiger partial charge in [0, 0.05) is 50.7 Å². The number of esters is 1. The van der Waals surface area contributed by atoms with Crippen LogP contribution in [0.3, 0.4) is 0 Å². The molecule has 0 aliphatic carbocycles. The molecular weight excluding hydrogens is 570 g/mol. The van der Waals surface area contributed by atoms with Gasteiger partial charge in [-0.1, -0.05) is 47.5 Å². The highest BCUT2D eigenvalue weighted by atomic mass is 79.9. The maximum Gasteiger partial charge on any atom is 0.312 e. The van der Waals surface area contributed by atoms with Crippen LogP contribution in [-0.2, 0) is 28.6 Å². The fraction of sp³-hybridized carbons (Fsp3) is 0.750. The van der Waals surface area contributed by atoms with Crippen LogP contribution in [0.15, 0.2) is 25.3 Å².